The predicted octanol–water partition coefficient (Wildman–Crippen LogP) is 1.72. The van der Waals surface area contributed by atoms with E-state index >= 15 is 0 Å². The van der Waals surface area contributed by atoms with Gasteiger partial charge in [0.25, 0.3) is 0 Å². The van der Waals surface area contributed by atoms with E-state index in [-0.39, 0.29) is 0 Å². The number of benzene rings is 1. The molecular formula is C13H19NOS. The molecule has 88 valence electrons. The largest absolute Gasteiger partial charge is 0.316 e. The van der Waals surface area contributed by atoms with E-state index < -0.39 is 10.8 Å². The molecule has 2 rings (SSSR count). The van der Waals surface area contributed by atoms with Gasteiger partial charge in [0.2, 0.25) is 0 Å². The fraction of sp³-hybridized carbons (Fsp3) is 0.538. The highest BCUT2D eigenvalue weighted by atomic mass is 32.2. The van der Waals surface area contributed by atoms with E-state index in [2.05, 4.69) is 36.5 Å². The molecule has 0 aliphatic carbocycles. The minimum Gasteiger partial charge on any atom is -0.316 e. The zero-order valence-electron chi connectivity index (χ0n) is 9.74. The summed E-state index contributed by atoms with van der Waals surface area (Å²) in [7, 11) is -0.698. The molecule has 0 saturated carbocycles. The van der Waals surface area contributed by atoms with Gasteiger partial charge in [0.15, 0.2) is 0 Å². The molecule has 1 unspecified atom stereocenters. The third kappa shape index (κ3) is 3.16. The minimum atomic E-state index is -0.698. The molecule has 1 heterocycles. The Morgan fingerprint density at radius 3 is 2.38 bits per heavy atom. The van der Waals surface area contributed by atoms with Gasteiger partial charge in [0.05, 0.1) is 0 Å². The number of hydrogen-bond acceptors (Lipinski definition) is 2. The molecule has 1 aromatic rings. The van der Waals surface area contributed by atoms with Crippen LogP contribution in [0.3, 0.4) is 0 Å². The first-order valence-electron chi connectivity index (χ1n) is 5.91. The fourth-order valence-electron chi connectivity index (χ4n) is 1.85. The summed E-state index contributed by atoms with van der Waals surface area (Å²) >= 11 is 0. The molecule has 1 N–H and O–H groups in total. The molecule has 16 heavy (non-hydrogen) atoms. The van der Waals surface area contributed by atoms with Gasteiger partial charge in [-0.2, -0.15) is 0 Å². The topological polar surface area (TPSA) is 29.1 Å². The van der Waals surface area contributed by atoms with Crippen LogP contribution in [0.15, 0.2) is 24.3 Å². The van der Waals surface area contributed by atoms with Crippen molar-refractivity contribution in [3.8, 4) is 0 Å². The van der Waals surface area contributed by atoms with Crippen molar-refractivity contribution < 1.29 is 4.21 Å². The maximum absolute atomic E-state index is 11.9. The summed E-state index contributed by atoms with van der Waals surface area (Å²) in [5, 5.41) is 3.21. The van der Waals surface area contributed by atoms with E-state index in [1.54, 1.807) is 0 Å². The van der Waals surface area contributed by atoms with Gasteiger partial charge in [0, 0.05) is 35.4 Å². The monoisotopic (exact) mass is 237 g/mol. The molecule has 0 spiro atoms. The van der Waals surface area contributed by atoms with E-state index in [1.807, 2.05) is 0 Å². The van der Waals surface area contributed by atoms with Gasteiger partial charge < -0.3 is 5.32 Å². The van der Waals surface area contributed by atoms with Gasteiger partial charge in [-0.1, -0.05) is 31.2 Å². The third-order valence-corrected chi connectivity index (χ3v) is 4.54. The van der Waals surface area contributed by atoms with E-state index in [1.165, 1.54) is 11.1 Å². The number of nitrogens with one attached hydrogen (secondary N) is 1. The second-order valence-corrected chi connectivity index (χ2v) is 5.95. The molecule has 0 radical (unpaired) electrons. The lowest BCUT2D eigenvalue weighted by Gasteiger charge is -2.26. The number of hydrogen-bond donors (Lipinski definition) is 1. The molecule has 1 aromatic carbocycles. The molecule has 3 heteroatoms. The van der Waals surface area contributed by atoms with Crippen LogP contribution in [0.1, 0.15) is 18.1 Å². The van der Waals surface area contributed by atoms with Crippen molar-refractivity contribution in [3.05, 3.63) is 35.4 Å². The fourth-order valence-corrected chi connectivity index (χ4v) is 3.29. The Balaban J connectivity index is 1.84. The van der Waals surface area contributed by atoms with E-state index in [9.17, 15) is 4.21 Å². The Morgan fingerprint density at radius 2 is 1.88 bits per heavy atom. The van der Waals surface area contributed by atoms with E-state index in [4.69, 9.17) is 0 Å². The molecule has 1 fully saturated rings. The van der Waals surface area contributed by atoms with Crippen molar-refractivity contribution in [1.82, 2.24) is 5.32 Å². The minimum absolute atomic E-state index is 0.635. The van der Waals surface area contributed by atoms with Crippen molar-refractivity contribution >= 4 is 10.8 Å². The first kappa shape index (κ1) is 11.8. The zero-order chi connectivity index (χ0) is 11.4. The summed E-state index contributed by atoms with van der Waals surface area (Å²) in [4.78, 5) is 0. The van der Waals surface area contributed by atoms with E-state index in [0.717, 1.165) is 25.3 Å². The first-order valence-corrected chi connectivity index (χ1v) is 7.40. The van der Waals surface area contributed by atoms with Crippen LogP contribution in [0.2, 0.25) is 0 Å². The molecule has 0 aromatic heterocycles. The van der Waals surface area contributed by atoms with E-state index in [0.29, 0.717) is 11.7 Å². The quantitative estimate of drug-likeness (QED) is 0.845. The van der Waals surface area contributed by atoms with Crippen LogP contribution in [0.5, 0.6) is 0 Å². The third-order valence-electron chi connectivity index (χ3n) is 3.05. The maximum atomic E-state index is 11.9. The molecule has 1 saturated heterocycles. The molecule has 2 nitrogen and oxygen atoms in total. The summed E-state index contributed by atoms with van der Waals surface area (Å²) < 4.78 is 11.9. The van der Waals surface area contributed by atoms with Crippen molar-refractivity contribution in [2.45, 2.75) is 19.1 Å². The van der Waals surface area contributed by atoms with Crippen LogP contribution >= 0.6 is 0 Å². The predicted molar refractivity (Wildman–Crippen MR) is 68.9 cm³/mol. The van der Waals surface area contributed by atoms with Gasteiger partial charge in [0.1, 0.15) is 0 Å². The summed E-state index contributed by atoms with van der Waals surface area (Å²) in [6.07, 6.45) is 1.07. The van der Waals surface area contributed by atoms with Crippen molar-refractivity contribution in [3.63, 3.8) is 0 Å². The summed E-state index contributed by atoms with van der Waals surface area (Å²) in [6.45, 7) is 4.23. The molecule has 1 aliphatic heterocycles. The van der Waals surface area contributed by atoms with Gasteiger partial charge in [-0.15, -0.1) is 0 Å². The normalized spacial score (nSPS) is 18.1. The molecule has 0 amide bonds. The average Bonchev–Trinajstić information content (AvgIpc) is 2.25. The van der Waals surface area contributed by atoms with Gasteiger partial charge in [-0.25, -0.2) is 0 Å². The zero-order valence-corrected chi connectivity index (χ0v) is 10.6. The maximum Gasteiger partial charge on any atom is 0.0485 e. The highest BCUT2D eigenvalue weighted by Crippen LogP contribution is 2.11. The first-order chi connectivity index (χ1) is 7.78. The Bertz CT molecular complexity index is 357. The van der Waals surface area contributed by atoms with Crippen LogP contribution in [0.4, 0.5) is 0 Å². The second kappa shape index (κ2) is 5.60. The smallest absolute Gasteiger partial charge is 0.0485 e. The lowest BCUT2D eigenvalue weighted by atomic mass is 10.1. The van der Waals surface area contributed by atoms with Crippen molar-refractivity contribution in [2.24, 2.45) is 5.92 Å². The van der Waals surface area contributed by atoms with Crippen LogP contribution in [0.25, 0.3) is 0 Å². The average molecular weight is 237 g/mol. The van der Waals surface area contributed by atoms with Crippen LogP contribution in [-0.2, 0) is 23.0 Å². The van der Waals surface area contributed by atoms with Crippen molar-refractivity contribution in [1.29, 1.82) is 0 Å². The summed E-state index contributed by atoms with van der Waals surface area (Å²) in [5.74, 6) is 2.19. The Labute approximate surface area is 99.9 Å². The second-order valence-electron chi connectivity index (χ2n) is 4.45. The summed E-state index contributed by atoms with van der Waals surface area (Å²) in [5.41, 5.74) is 2.54. The molecular weight excluding hydrogens is 218 g/mol. The number of aryl methyl sites for hydroxylation is 1. The SMILES string of the molecule is CCc1ccc(CS(=O)CC2CNC2)cc1. The molecule has 1 aliphatic rings. The standard InChI is InChI=1S/C13H19NOS/c1-2-11-3-5-12(6-4-11)9-16(15)10-13-7-14-8-13/h3-6,13-14H,2,7-10H2,1H3. The van der Waals surface area contributed by atoms with Crippen LogP contribution in [0, 0.1) is 5.92 Å². The van der Waals surface area contributed by atoms with Crippen LogP contribution < -0.4 is 5.32 Å². The Morgan fingerprint density at radius 1 is 1.25 bits per heavy atom. The highest BCUT2D eigenvalue weighted by molar-refractivity contribution is 7.84. The molecule has 1 atom stereocenters. The van der Waals surface area contributed by atoms with Crippen molar-refractivity contribution in [2.75, 3.05) is 18.8 Å². The lowest BCUT2D eigenvalue weighted by Crippen LogP contribution is -2.44. The van der Waals surface area contributed by atoms with Gasteiger partial charge >= 0.3 is 0 Å². The molecule has 0 bridgehead atoms. The van der Waals surface area contributed by atoms with Crippen LogP contribution in [-0.4, -0.2) is 23.1 Å². The Hall–Kier alpha value is -0.670. The van der Waals surface area contributed by atoms with Gasteiger partial charge in [-0.3, -0.25) is 4.21 Å². The number of rotatable bonds is 5. The Kier molecular flexibility index (Phi) is 4.13. The highest BCUT2D eigenvalue weighted by Gasteiger charge is 2.19. The summed E-state index contributed by atoms with van der Waals surface area (Å²) in [6, 6.07) is 8.49. The van der Waals surface area contributed by atoms with Gasteiger partial charge in [-0.05, 0) is 23.5 Å². The lowest BCUT2D eigenvalue weighted by molar-refractivity contribution is 0.382.